The number of ether oxygens (including phenoxy) is 3. The van der Waals surface area contributed by atoms with E-state index in [1.807, 2.05) is 0 Å². The SMILES string of the molecule is CC(=O)NCCOCCOCCOCc1ccc(C)cc1. The highest BCUT2D eigenvalue weighted by molar-refractivity contribution is 5.72. The Labute approximate surface area is 126 Å². The first kappa shape index (κ1) is 17.6. The summed E-state index contributed by atoms with van der Waals surface area (Å²) in [6.45, 7) is 7.39. The van der Waals surface area contributed by atoms with Gasteiger partial charge in [-0.15, -0.1) is 0 Å². The van der Waals surface area contributed by atoms with Crippen LogP contribution in [0.15, 0.2) is 24.3 Å². The van der Waals surface area contributed by atoms with Gasteiger partial charge in [0.25, 0.3) is 0 Å². The molecule has 0 atom stereocenters. The largest absolute Gasteiger partial charge is 0.377 e. The van der Waals surface area contributed by atoms with Crippen molar-refractivity contribution in [3.8, 4) is 0 Å². The fourth-order valence-corrected chi connectivity index (χ4v) is 1.61. The van der Waals surface area contributed by atoms with Crippen LogP contribution in [0.2, 0.25) is 0 Å². The highest BCUT2D eigenvalue weighted by atomic mass is 16.5. The summed E-state index contributed by atoms with van der Waals surface area (Å²) >= 11 is 0. The lowest BCUT2D eigenvalue weighted by molar-refractivity contribution is -0.119. The van der Waals surface area contributed by atoms with Gasteiger partial charge in [-0.2, -0.15) is 0 Å². The Bertz CT molecular complexity index is 392. The zero-order chi connectivity index (χ0) is 15.3. The maximum Gasteiger partial charge on any atom is 0.216 e. The molecule has 5 heteroatoms. The lowest BCUT2D eigenvalue weighted by atomic mass is 10.2. The van der Waals surface area contributed by atoms with Gasteiger partial charge in [-0.1, -0.05) is 29.8 Å². The van der Waals surface area contributed by atoms with Crippen molar-refractivity contribution >= 4 is 5.91 Å². The first-order valence-electron chi connectivity index (χ1n) is 7.21. The predicted molar refractivity (Wildman–Crippen MR) is 81.2 cm³/mol. The average Bonchev–Trinajstić information content (AvgIpc) is 2.46. The van der Waals surface area contributed by atoms with E-state index in [4.69, 9.17) is 14.2 Å². The van der Waals surface area contributed by atoms with Crippen LogP contribution in [0.5, 0.6) is 0 Å². The first-order valence-corrected chi connectivity index (χ1v) is 7.21. The molecule has 118 valence electrons. The molecule has 0 saturated carbocycles. The molecule has 0 heterocycles. The monoisotopic (exact) mass is 295 g/mol. The van der Waals surface area contributed by atoms with Crippen LogP contribution in [0.3, 0.4) is 0 Å². The predicted octanol–water partition coefficient (Wildman–Crippen LogP) is 1.68. The van der Waals surface area contributed by atoms with E-state index in [1.54, 1.807) is 0 Å². The van der Waals surface area contributed by atoms with E-state index < -0.39 is 0 Å². The molecule has 1 amide bonds. The molecular weight excluding hydrogens is 270 g/mol. The van der Waals surface area contributed by atoms with Gasteiger partial charge in [-0.05, 0) is 12.5 Å². The van der Waals surface area contributed by atoms with Crippen LogP contribution in [-0.4, -0.2) is 45.5 Å². The maximum atomic E-state index is 10.6. The minimum absolute atomic E-state index is 0.0411. The van der Waals surface area contributed by atoms with Crippen molar-refractivity contribution < 1.29 is 19.0 Å². The van der Waals surface area contributed by atoms with Crippen molar-refractivity contribution in [2.75, 3.05) is 39.6 Å². The van der Waals surface area contributed by atoms with Gasteiger partial charge in [0.1, 0.15) is 0 Å². The van der Waals surface area contributed by atoms with Crippen molar-refractivity contribution in [1.29, 1.82) is 0 Å². The standard InChI is InChI=1S/C16H25NO4/c1-14-3-5-16(6-4-14)13-21-12-11-20-10-9-19-8-7-17-15(2)18/h3-6H,7-13H2,1-2H3,(H,17,18). The minimum Gasteiger partial charge on any atom is -0.377 e. The van der Waals surface area contributed by atoms with Crippen LogP contribution < -0.4 is 5.32 Å². The van der Waals surface area contributed by atoms with Gasteiger partial charge in [0.15, 0.2) is 0 Å². The highest BCUT2D eigenvalue weighted by Gasteiger charge is 1.95. The molecule has 0 unspecified atom stereocenters. The highest BCUT2D eigenvalue weighted by Crippen LogP contribution is 2.04. The summed E-state index contributed by atoms with van der Waals surface area (Å²) in [7, 11) is 0. The molecule has 0 fully saturated rings. The number of hydrogen-bond donors (Lipinski definition) is 1. The summed E-state index contributed by atoms with van der Waals surface area (Å²) in [5.41, 5.74) is 2.42. The number of carbonyl (C=O) groups excluding carboxylic acids is 1. The van der Waals surface area contributed by atoms with E-state index in [0.717, 1.165) is 0 Å². The summed E-state index contributed by atoms with van der Waals surface area (Å²) in [6.07, 6.45) is 0. The molecule has 1 aromatic rings. The van der Waals surface area contributed by atoms with Crippen LogP contribution in [0.1, 0.15) is 18.1 Å². The number of nitrogens with one attached hydrogen (secondary N) is 1. The zero-order valence-corrected chi connectivity index (χ0v) is 12.9. The van der Waals surface area contributed by atoms with E-state index in [0.29, 0.717) is 46.2 Å². The number of rotatable bonds is 11. The lowest BCUT2D eigenvalue weighted by Gasteiger charge is -2.07. The molecule has 0 bridgehead atoms. The Morgan fingerprint density at radius 1 is 0.952 bits per heavy atom. The van der Waals surface area contributed by atoms with Gasteiger partial charge in [0.2, 0.25) is 5.91 Å². The second-order valence-corrected chi connectivity index (χ2v) is 4.75. The van der Waals surface area contributed by atoms with Gasteiger partial charge in [0.05, 0.1) is 39.6 Å². The molecule has 0 saturated heterocycles. The van der Waals surface area contributed by atoms with Crippen LogP contribution in [0, 0.1) is 6.92 Å². The normalized spacial score (nSPS) is 10.6. The van der Waals surface area contributed by atoms with Crippen molar-refractivity contribution in [1.82, 2.24) is 5.32 Å². The molecule has 0 aliphatic rings. The second-order valence-electron chi connectivity index (χ2n) is 4.75. The number of benzene rings is 1. The number of amides is 1. The molecule has 1 aromatic carbocycles. The van der Waals surface area contributed by atoms with Gasteiger partial charge in [0, 0.05) is 13.5 Å². The molecule has 0 aromatic heterocycles. The van der Waals surface area contributed by atoms with Gasteiger partial charge < -0.3 is 19.5 Å². The van der Waals surface area contributed by atoms with Gasteiger partial charge in [-0.25, -0.2) is 0 Å². The van der Waals surface area contributed by atoms with E-state index in [2.05, 4.69) is 36.5 Å². The Balaban J connectivity index is 1.84. The van der Waals surface area contributed by atoms with Crippen molar-refractivity contribution in [3.05, 3.63) is 35.4 Å². The molecule has 0 radical (unpaired) electrons. The molecule has 5 nitrogen and oxygen atoms in total. The summed E-state index contributed by atoms with van der Waals surface area (Å²) in [6, 6.07) is 8.29. The summed E-state index contributed by atoms with van der Waals surface area (Å²) < 4.78 is 16.2. The third-order valence-corrected chi connectivity index (χ3v) is 2.75. The van der Waals surface area contributed by atoms with Gasteiger partial charge in [-0.3, -0.25) is 4.79 Å². The van der Waals surface area contributed by atoms with Crippen LogP contribution in [-0.2, 0) is 25.6 Å². The van der Waals surface area contributed by atoms with E-state index in [9.17, 15) is 4.79 Å². The Morgan fingerprint density at radius 2 is 1.52 bits per heavy atom. The topological polar surface area (TPSA) is 56.8 Å². The first-order chi connectivity index (χ1) is 10.2. The van der Waals surface area contributed by atoms with E-state index in [1.165, 1.54) is 18.1 Å². The summed E-state index contributed by atoms with van der Waals surface area (Å²) in [5.74, 6) is -0.0411. The molecular formula is C16H25NO4. The minimum atomic E-state index is -0.0411. The molecule has 0 aliphatic carbocycles. The fourth-order valence-electron chi connectivity index (χ4n) is 1.61. The molecule has 0 aliphatic heterocycles. The second kappa shape index (κ2) is 11.3. The maximum absolute atomic E-state index is 10.6. The summed E-state index contributed by atoms with van der Waals surface area (Å²) in [5, 5.41) is 2.66. The number of carbonyl (C=O) groups is 1. The van der Waals surface area contributed by atoms with E-state index in [-0.39, 0.29) is 5.91 Å². The Kier molecular flexibility index (Phi) is 9.44. The molecule has 1 N–H and O–H groups in total. The van der Waals surface area contributed by atoms with E-state index >= 15 is 0 Å². The molecule has 1 rings (SSSR count). The average molecular weight is 295 g/mol. The van der Waals surface area contributed by atoms with Crippen molar-refractivity contribution in [2.24, 2.45) is 0 Å². The van der Waals surface area contributed by atoms with Crippen LogP contribution in [0.25, 0.3) is 0 Å². The fraction of sp³-hybridized carbons (Fsp3) is 0.562. The van der Waals surface area contributed by atoms with Crippen LogP contribution >= 0.6 is 0 Å². The van der Waals surface area contributed by atoms with Crippen LogP contribution in [0.4, 0.5) is 0 Å². The molecule has 21 heavy (non-hydrogen) atoms. The third kappa shape index (κ3) is 10.0. The molecule has 0 spiro atoms. The Morgan fingerprint density at radius 3 is 2.14 bits per heavy atom. The smallest absolute Gasteiger partial charge is 0.216 e. The summed E-state index contributed by atoms with van der Waals surface area (Å²) in [4.78, 5) is 10.6. The van der Waals surface area contributed by atoms with Gasteiger partial charge >= 0.3 is 0 Å². The zero-order valence-electron chi connectivity index (χ0n) is 12.9. The lowest BCUT2D eigenvalue weighted by Crippen LogP contribution is -2.25. The quantitative estimate of drug-likeness (QED) is 0.631. The number of hydrogen-bond acceptors (Lipinski definition) is 4. The number of aryl methyl sites for hydroxylation is 1. The van der Waals surface area contributed by atoms with Crippen molar-refractivity contribution in [2.45, 2.75) is 20.5 Å². The Hall–Kier alpha value is -1.43. The van der Waals surface area contributed by atoms with Crippen molar-refractivity contribution in [3.63, 3.8) is 0 Å². The third-order valence-electron chi connectivity index (χ3n) is 2.75.